The highest BCUT2D eigenvalue weighted by molar-refractivity contribution is 5.22. The van der Waals surface area contributed by atoms with Gasteiger partial charge in [-0.2, -0.15) is 13.2 Å². The molecule has 0 radical (unpaired) electrons. The van der Waals surface area contributed by atoms with Crippen LogP contribution in [-0.4, -0.2) is 30.7 Å². The van der Waals surface area contributed by atoms with Crippen LogP contribution in [0.25, 0.3) is 0 Å². The van der Waals surface area contributed by atoms with Crippen molar-refractivity contribution in [2.75, 3.05) is 19.6 Å². The molecule has 1 aromatic carbocycles. The van der Waals surface area contributed by atoms with Crippen molar-refractivity contribution in [1.82, 2.24) is 4.90 Å². The Balaban J connectivity index is 1.84. The second kappa shape index (κ2) is 3.85. The van der Waals surface area contributed by atoms with Gasteiger partial charge in [0.05, 0.1) is 6.54 Å². The van der Waals surface area contributed by atoms with E-state index in [9.17, 15) is 13.2 Å². The van der Waals surface area contributed by atoms with Gasteiger partial charge in [0.1, 0.15) is 0 Å². The predicted octanol–water partition coefficient (Wildman–Crippen LogP) is 2.65. The van der Waals surface area contributed by atoms with Gasteiger partial charge in [-0.05, 0) is 5.56 Å². The van der Waals surface area contributed by atoms with Crippen LogP contribution in [0.15, 0.2) is 30.3 Å². The molecule has 2 rings (SSSR count). The van der Waals surface area contributed by atoms with Gasteiger partial charge >= 0.3 is 6.18 Å². The predicted molar refractivity (Wildman–Crippen MR) is 51.7 cm³/mol. The third kappa shape index (κ3) is 2.72. The Kier molecular flexibility index (Phi) is 2.69. The molecule has 0 unspecified atom stereocenters. The summed E-state index contributed by atoms with van der Waals surface area (Å²) >= 11 is 0. The zero-order chi connectivity index (χ0) is 10.9. The molecule has 0 spiro atoms. The highest BCUT2D eigenvalue weighted by Crippen LogP contribution is 2.29. The summed E-state index contributed by atoms with van der Waals surface area (Å²) in [6.45, 7) is 0.253. The van der Waals surface area contributed by atoms with Crippen molar-refractivity contribution in [3.05, 3.63) is 35.9 Å². The van der Waals surface area contributed by atoms with Gasteiger partial charge in [0.15, 0.2) is 0 Å². The molecule has 0 N–H and O–H groups in total. The van der Waals surface area contributed by atoms with Crippen LogP contribution in [0.4, 0.5) is 13.2 Å². The molecule has 1 heterocycles. The summed E-state index contributed by atoms with van der Waals surface area (Å²) in [4.78, 5) is 1.43. The van der Waals surface area contributed by atoms with Crippen molar-refractivity contribution in [2.24, 2.45) is 0 Å². The second-order valence-electron chi connectivity index (χ2n) is 3.92. The monoisotopic (exact) mass is 215 g/mol. The maximum atomic E-state index is 12.0. The number of benzene rings is 1. The molecule has 0 saturated carbocycles. The molecular formula is C11H12F3N. The van der Waals surface area contributed by atoms with E-state index in [2.05, 4.69) is 0 Å². The van der Waals surface area contributed by atoms with Gasteiger partial charge in [-0.25, -0.2) is 0 Å². The first-order chi connectivity index (χ1) is 7.04. The highest BCUT2D eigenvalue weighted by atomic mass is 19.4. The first kappa shape index (κ1) is 10.5. The van der Waals surface area contributed by atoms with Crippen LogP contribution in [0.5, 0.6) is 0 Å². The minimum Gasteiger partial charge on any atom is -0.294 e. The fourth-order valence-corrected chi connectivity index (χ4v) is 1.89. The van der Waals surface area contributed by atoms with Crippen LogP contribution in [0.2, 0.25) is 0 Å². The van der Waals surface area contributed by atoms with Crippen molar-refractivity contribution >= 4 is 0 Å². The molecule has 0 aromatic heterocycles. The van der Waals surface area contributed by atoms with E-state index in [0.717, 1.165) is 5.56 Å². The third-order valence-corrected chi connectivity index (χ3v) is 2.63. The van der Waals surface area contributed by atoms with Crippen LogP contribution in [-0.2, 0) is 0 Å². The molecule has 82 valence electrons. The van der Waals surface area contributed by atoms with Crippen molar-refractivity contribution in [3.8, 4) is 0 Å². The largest absolute Gasteiger partial charge is 0.401 e. The molecule has 4 heteroatoms. The van der Waals surface area contributed by atoms with E-state index in [1.54, 1.807) is 0 Å². The summed E-state index contributed by atoms with van der Waals surface area (Å²) in [5.41, 5.74) is 1.14. The van der Waals surface area contributed by atoms with Crippen LogP contribution >= 0.6 is 0 Å². The lowest BCUT2D eigenvalue weighted by atomic mass is 9.91. The van der Waals surface area contributed by atoms with Crippen molar-refractivity contribution in [2.45, 2.75) is 12.1 Å². The molecule has 1 nitrogen and oxygen atoms in total. The Morgan fingerprint density at radius 1 is 1.13 bits per heavy atom. The molecular weight excluding hydrogens is 203 g/mol. The van der Waals surface area contributed by atoms with E-state index in [-0.39, 0.29) is 5.92 Å². The van der Waals surface area contributed by atoms with Gasteiger partial charge in [-0.15, -0.1) is 0 Å². The third-order valence-electron chi connectivity index (χ3n) is 2.63. The number of hydrogen-bond donors (Lipinski definition) is 0. The SMILES string of the molecule is FC(F)(F)CN1CC(c2ccccc2)C1. The summed E-state index contributed by atoms with van der Waals surface area (Å²) in [6, 6.07) is 9.68. The average molecular weight is 215 g/mol. The van der Waals surface area contributed by atoms with Gasteiger partial charge in [0.25, 0.3) is 0 Å². The van der Waals surface area contributed by atoms with Gasteiger partial charge in [0.2, 0.25) is 0 Å². The lowest BCUT2D eigenvalue weighted by Gasteiger charge is -2.39. The Bertz CT molecular complexity index is 314. The summed E-state index contributed by atoms with van der Waals surface area (Å²) < 4.78 is 36.0. The lowest BCUT2D eigenvalue weighted by Crippen LogP contribution is -2.49. The molecule has 0 bridgehead atoms. The first-order valence-corrected chi connectivity index (χ1v) is 4.89. The molecule has 0 aliphatic carbocycles. The zero-order valence-corrected chi connectivity index (χ0v) is 8.17. The molecule has 15 heavy (non-hydrogen) atoms. The van der Waals surface area contributed by atoms with Gasteiger partial charge in [-0.1, -0.05) is 30.3 Å². The number of hydrogen-bond acceptors (Lipinski definition) is 1. The van der Waals surface area contributed by atoms with E-state index < -0.39 is 12.7 Å². The Morgan fingerprint density at radius 2 is 1.73 bits per heavy atom. The number of alkyl halides is 3. The maximum Gasteiger partial charge on any atom is 0.401 e. The van der Waals surface area contributed by atoms with Crippen LogP contribution in [0, 0.1) is 0 Å². The lowest BCUT2D eigenvalue weighted by molar-refractivity contribution is -0.154. The van der Waals surface area contributed by atoms with Gasteiger partial charge in [0, 0.05) is 19.0 Å². The van der Waals surface area contributed by atoms with Crippen LogP contribution < -0.4 is 0 Å². The van der Waals surface area contributed by atoms with Crippen LogP contribution in [0.3, 0.4) is 0 Å². The zero-order valence-electron chi connectivity index (χ0n) is 8.17. The molecule has 1 aliphatic heterocycles. The Hall–Kier alpha value is -1.03. The topological polar surface area (TPSA) is 3.24 Å². The van der Waals surface area contributed by atoms with Crippen molar-refractivity contribution in [1.29, 1.82) is 0 Å². The van der Waals surface area contributed by atoms with Crippen molar-refractivity contribution in [3.63, 3.8) is 0 Å². The second-order valence-corrected chi connectivity index (χ2v) is 3.92. The van der Waals surface area contributed by atoms with E-state index in [4.69, 9.17) is 0 Å². The minimum absolute atomic E-state index is 0.272. The molecule has 0 atom stereocenters. The van der Waals surface area contributed by atoms with Crippen molar-refractivity contribution < 1.29 is 13.2 Å². The fourth-order valence-electron chi connectivity index (χ4n) is 1.89. The Labute approximate surface area is 86.5 Å². The van der Waals surface area contributed by atoms with E-state index in [1.165, 1.54) is 4.90 Å². The molecule has 1 aliphatic rings. The van der Waals surface area contributed by atoms with E-state index in [0.29, 0.717) is 13.1 Å². The van der Waals surface area contributed by atoms with Crippen LogP contribution in [0.1, 0.15) is 11.5 Å². The molecule has 1 aromatic rings. The van der Waals surface area contributed by atoms with E-state index in [1.807, 2.05) is 30.3 Å². The fraction of sp³-hybridized carbons (Fsp3) is 0.455. The summed E-state index contributed by atoms with van der Waals surface area (Å²) in [6.07, 6.45) is -4.07. The van der Waals surface area contributed by atoms with Gasteiger partial charge < -0.3 is 0 Å². The first-order valence-electron chi connectivity index (χ1n) is 4.89. The Morgan fingerprint density at radius 3 is 2.27 bits per heavy atom. The average Bonchev–Trinajstić information content (AvgIpc) is 2.11. The number of halogens is 3. The standard InChI is InChI=1S/C11H12F3N/c12-11(13,14)8-15-6-10(7-15)9-4-2-1-3-5-9/h1-5,10H,6-8H2. The minimum atomic E-state index is -4.07. The molecule has 1 fully saturated rings. The van der Waals surface area contributed by atoms with Gasteiger partial charge in [-0.3, -0.25) is 4.90 Å². The number of likely N-dealkylation sites (tertiary alicyclic amines) is 1. The summed E-state index contributed by atoms with van der Waals surface area (Å²) in [5.74, 6) is 0.272. The normalized spacial score (nSPS) is 18.9. The summed E-state index contributed by atoms with van der Waals surface area (Å²) in [5, 5.41) is 0. The number of nitrogens with zero attached hydrogens (tertiary/aromatic N) is 1. The highest BCUT2D eigenvalue weighted by Gasteiger charge is 2.37. The molecule has 0 amide bonds. The summed E-state index contributed by atoms with van der Waals surface area (Å²) in [7, 11) is 0. The van der Waals surface area contributed by atoms with E-state index >= 15 is 0 Å². The quantitative estimate of drug-likeness (QED) is 0.733. The molecule has 1 saturated heterocycles. The number of rotatable bonds is 2. The smallest absolute Gasteiger partial charge is 0.294 e. The maximum absolute atomic E-state index is 12.0.